The zero-order valence-electron chi connectivity index (χ0n) is 16.7. The highest BCUT2D eigenvalue weighted by Gasteiger charge is 2.26. The highest BCUT2D eigenvalue weighted by molar-refractivity contribution is 5.95. The summed E-state index contributed by atoms with van der Waals surface area (Å²) in [6.07, 6.45) is 8.72. The average molecular weight is 391 g/mol. The first-order chi connectivity index (χ1) is 14.2. The van der Waals surface area contributed by atoms with Gasteiger partial charge < -0.3 is 9.42 Å². The van der Waals surface area contributed by atoms with Gasteiger partial charge in [0.25, 0.3) is 5.91 Å². The minimum Gasteiger partial charge on any atom is -0.339 e. The second-order valence-corrected chi connectivity index (χ2v) is 8.06. The van der Waals surface area contributed by atoms with Gasteiger partial charge in [0.05, 0.1) is 16.9 Å². The lowest BCUT2D eigenvalue weighted by Crippen LogP contribution is -2.35. The summed E-state index contributed by atoms with van der Waals surface area (Å²) in [5, 5.41) is 8.69. The van der Waals surface area contributed by atoms with Crippen molar-refractivity contribution in [2.24, 2.45) is 0 Å². The number of benzene rings is 1. The largest absolute Gasteiger partial charge is 0.339 e. The molecule has 7 heteroatoms. The lowest BCUT2D eigenvalue weighted by molar-refractivity contribution is 0.0723. The number of hydrogen-bond donors (Lipinski definition) is 0. The molecule has 1 aliphatic heterocycles. The SMILES string of the molecule is Cc1nn(-c2ccc(-c3noc(C4CCC4)n3)cc2)cc1C(=O)N1CCCCC1. The van der Waals surface area contributed by atoms with E-state index in [1.54, 1.807) is 4.68 Å². The molecular formula is C22H25N5O2. The molecule has 3 heterocycles. The van der Waals surface area contributed by atoms with Gasteiger partial charge in [-0.1, -0.05) is 11.6 Å². The monoisotopic (exact) mass is 391 g/mol. The Balaban J connectivity index is 1.34. The fraction of sp³-hybridized carbons (Fsp3) is 0.455. The third kappa shape index (κ3) is 3.45. The van der Waals surface area contributed by atoms with Crippen LogP contribution in [-0.2, 0) is 0 Å². The maximum absolute atomic E-state index is 12.8. The summed E-state index contributed by atoms with van der Waals surface area (Å²) in [4.78, 5) is 19.3. The van der Waals surface area contributed by atoms with Gasteiger partial charge >= 0.3 is 0 Å². The van der Waals surface area contributed by atoms with Crippen molar-refractivity contribution in [3.05, 3.63) is 47.6 Å². The van der Waals surface area contributed by atoms with Crippen LogP contribution in [0.4, 0.5) is 0 Å². The molecule has 7 nitrogen and oxygen atoms in total. The fourth-order valence-corrected chi connectivity index (χ4v) is 4.01. The predicted octanol–water partition coefficient (Wildman–Crippen LogP) is 4.12. The summed E-state index contributed by atoms with van der Waals surface area (Å²) in [6.45, 7) is 3.57. The van der Waals surface area contributed by atoms with Gasteiger partial charge in [0, 0.05) is 30.8 Å². The van der Waals surface area contributed by atoms with Crippen LogP contribution in [0.2, 0.25) is 0 Å². The van der Waals surface area contributed by atoms with Crippen molar-refractivity contribution >= 4 is 5.91 Å². The van der Waals surface area contributed by atoms with Crippen molar-refractivity contribution in [3.8, 4) is 17.1 Å². The molecule has 1 saturated heterocycles. The van der Waals surface area contributed by atoms with Gasteiger partial charge in [0.1, 0.15) is 0 Å². The number of hydrogen-bond acceptors (Lipinski definition) is 5. The van der Waals surface area contributed by atoms with E-state index in [1.165, 1.54) is 12.8 Å². The number of aryl methyl sites for hydroxylation is 1. The number of amides is 1. The molecule has 2 aliphatic rings. The minimum absolute atomic E-state index is 0.0837. The first-order valence-corrected chi connectivity index (χ1v) is 10.5. The fourth-order valence-electron chi connectivity index (χ4n) is 4.01. The van der Waals surface area contributed by atoms with Crippen molar-refractivity contribution in [1.29, 1.82) is 0 Å². The third-order valence-corrected chi connectivity index (χ3v) is 6.06. The Morgan fingerprint density at radius 1 is 1.07 bits per heavy atom. The maximum atomic E-state index is 12.8. The van der Waals surface area contributed by atoms with Gasteiger partial charge in [-0.3, -0.25) is 4.79 Å². The van der Waals surface area contributed by atoms with Gasteiger partial charge in [-0.2, -0.15) is 10.1 Å². The molecule has 150 valence electrons. The first kappa shape index (κ1) is 18.1. The summed E-state index contributed by atoms with van der Waals surface area (Å²) in [5.74, 6) is 1.88. The second-order valence-electron chi connectivity index (χ2n) is 8.06. The highest BCUT2D eigenvalue weighted by atomic mass is 16.5. The van der Waals surface area contributed by atoms with E-state index in [1.807, 2.05) is 42.3 Å². The molecule has 0 N–H and O–H groups in total. The number of nitrogens with zero attached hydrogens (tertiary/aromatic N) is 5. The van der Waals surface area contributed by atoms with Crippen molar-refractivity contribution in [2.45, 2.75) is 51.4 Å². The second kappa shape index (κ2) is 7.46. The smallest absolute Gasteiger partial charge is 0.257 e. The number of rotatable bonds is 4. The molecule has 1 amide bonds. The molecule has 1 saturated carbocycles. The number of piperidine rings is 1. The van der Waals surface area contributed by atoms with Crippen LogP contribution < -0.4 is 0 Å². The van der Waals surface area contributed by atoms with Gasteiger partial charge in [-0.15, -0.1) is 0 Å². The normalized spacial score (nSPS) is 17.3. The van der Waals surface area contributed by atoms with E-state index in [2.05, 4.69) is 15.2 Å². The van der Waals surface area contributed by atoms with Crippen LogP contribution in [0.3, 0.4) is 0 Å². The van der Waals surface area contributed by atoms with E-state index in [0.29, 0.717) is 17.3 Å². The van der Waals surface area contributed by atoms with E-state index >= 15 is 0 Å². The summed E-state index contributed by atoms with van der Waals surface area (Å²) in [5.41, 5.74) is 3.25. The van der Waals surface area contributed by atoms with Gasteiger partial charge in [-0.25, -0.2) is 4.68 Å². The molecular weight excluding hydrogens is 366 g/mol. The maximum Gasteiger partial charge on any atom is 0.257 e. The molecule has 3 aromatic rings. The molecule has 1 aromatic carbocycles. The van der Waals surface area contributed by atoms with E-state index < -0.39 is 0 Å². The van der Waals surface area contributed by atoms with Crippen LogP contribution in [-0.4, -0.2) is 43.8 Å². The lowest BCUT2D eigenvalue weighted by atomic mass is 9.85. The van der Waals surface area contributed by atoms with Crippen molar-refractivity contribution in [3.63, 3.8) is 0 Å². The Hall–Kier alpha value is -2.96. The lowest BCUT2D eigenvalue weighted by Gasteiger charge is -2.26. The Labute approximate surface area is 169 Å². The number of carbonyl (C=O) groups is 1. The zero-order chi connectivity index (χ0) is 19.8. The van der Waals surface area contributed by atoms with Gasteiger partial charge in [0.15, 0.2) is 0 Å². The van der Waals surface area contributed by atoms with Crippen LogP contribution in [0.1, 0.15) is 66.4 Å². The summed E-state index contributed by atoms with van der Waals surface area (Å²) >= 11 is 0. The standard InChI is InChI=1S/C22H25N5O2/c1-15-19(22(28)26-12-3-2-4-13-26)14-27(24-15)18-10-8-16(9-11-18)20-23-21(29-25-20)17-6-5-7-17/h8-11,14,17H,2-7,12-13H2,1H3. The number of carbonyl (C=O) groups excluding carboxylic acids is 1. The Morgan fingerprint density at radius 3 is 2.52 bits per heavy atom. The first-order valence-electron chi connectivity index (χ1n) is 10.5. The zero-order valence-corrected chi connectivity index (χ0v) is 16.7. The molecule has 2 aromatic heterocycles. The van der Waals surface area contributed by atoms with E-state index in [-0.39, 0.29) is 5.91 Å². The molecule has 0 atom stereocenters. The summed E-state index contributed by atoms with van der Waals surface area (Å²) in [6, 6.07) is 7.87. The quantitative estimate of drug-likeness (QED) is 0.668. The Kier molecular flexibility index (Phi) is 4.66. The van der Waals surface area contributed by atoms with Crippen LogP contribution in [0.5, 0.6) is 0 Å². The van der Waals surface area contributed by atoms with Crippen molar-refractivity contribution in [1.82, 2.24) is 24.8 Å². The van der Waals surface area contributed by atoms with Gasteiger partial charge in [-0.05, 0) is 63.3 Å². The van der Waals surface area contributed by atoms with E-state index in [0.717, 1.165) is 61.6 Å². The molecule has 0 unspecified atom stereocenters. The number of likely N-dealkylation sites (tertiary alicyclic amines) is 1. The molecule has 1 aliphatic carbocycles. The molecule has 0 radical (unpaired) electrons. The molecule has 0 bridgehead atoms. The third-order valence-electron chi connectivity index (χ3n) is 6.06. The van der Waals surface area contributed by atoms with Gasteiger partial charge in [0.2, 0.25) is 11.7 Å². The van der Waals surface area contributed by atoms with E-state index in [9.17, 15) is 4.79 Å². The predicted molar refractivity (Wildman–Crippen MR) is 108 cm³/mol. The number of aromatic nitrogens is 4. The van der Waals surface area contributed by atoms with Crippen molar-refractivity contribution < 1.29 is 9.32 Å². The highest BCUT2D eigenvalue weighted by Crippen LogP contribution is 2.36. The summed E-state index contributed by atoms with van der Waals surface area (Å²) < 4.78 is 7.19. The van der Waals surface area contributed by atoms with E-state index in [4.69, 9.17) is 4.52 Å². The molecule has 0 spiro atoms. The van der Waals surface area contributed by atoms with Crippen LogP contribution in [0, 0.1) is 6.92 Å². The molecule has 2 fully saturated rings. The van der Waals surface area contributed by atoms with Crippen LogP contribution in [0.15, 0.2) is 35.0 Å². The summed E-state index contributed by atoms with van der Waals surface area (Å²) in [7, 11) is 0. The Bertz CT molecular complexity index is 1010. The van der Waals surface area contributed by atoms with Crippen LogP contribution in [0.25, 0.3) is 17.1 Å². The Morgan fingerprint density at radius 2 is 1.83 bits per heavy atom. The van der Waals surface area contributed by atoms with Crippen LogP contribution >= 0.6 is 0 Å². The topological polar surface area (TPSA) is 77.0 Å². The molecule has 29 heavy (non-hydrogen) atoms. The minimum atomic E-state index is 0.0837. The average Bonchev–Trinajstić information content (AvgIpc) is 3.34. The molecule has 5 rings (SSSR count). The van der Waals surface area contributed by atoms with Crippen molar-refractivity contribution in [2.75, 3.05) is 13.1 Å².